The molecule has 0 aliphatic carbocycles. The highest BCUT2D eigenvalue weighted by Crippen LogP contribution is 2.13. The van der Waals surface area contributed by atoms with E-state index in [-0.39, 0.29) is 6.04 Å². The molecule has 1 aromatic heterocycles. The number of nitrogens with two attached hydrogens (primary N) is 2. The topological polar surface area (TPSA) is 77.8 Å². The number of rotatable bonds is 4. The van der Waals surface area contributed by atoms with Gasteiger partial charge >= 0.3 is 0 Å². The van der Waals surface area contributed by atoms with E-state index in [9.17, 15) is 0 Å². The third kappa shape index (κ3) is 2.95. The molecule has 0 saturated heterocycles. The van der Waals surface area contributed by atoms with Crippen LogP contribution in [0.3, 0.4) is 0 Å². The van der Waals surface area contributed by atoms with Crippen molar-refractivity contribution >= 4 is 11.8 Å². The van der Waals surface area contributed by atoms with Crippen molar-refractivity contribution < 1.29 is 0 Å². The van der Waals surface area contributed by atoms with Crippen molar-refractivity contribution in [3.63, 3.8) is 0 Å². The van der Waals surface area contributed by atoms with E-state index in [2.05, 4.69) is 9.97 Å². The standard InChI is InChI=1S/C8H14N4S/c1-13-8-11-5-3-7(12-8)6(10)2-4-9/h3,5-6H,2,4,9-10H2,1H3. The van der Waals surface area contributed by atoms with Gasteiger partial charge in [-0.2, -0.15) is 0 Å². The summed E-state index contributed by atoms with van der Waals surface area (Å²) in [5.74, 6) is 0. The number of thioether (sulfide) groups is 1. The van der Waals surface area contributed by atoms with Crippen LogP contribution in [0.5, 0.6) is 0 Å². The predicted octanol–water partition coefficient (Wildman–Crippen LogP) is 0.547. The third-order valence-corrected chi connectivity index (χ3v) is 2.26. The van der Waals surface area contributed by atoms with Crippen LogP contribution < -0.4 is 11.5 Å². The van der Waals surface area contributed by atoms with Crippen LogP contribution >= 0.6 is 11.8 Å². The molecule has 1 rings (SSSR count). The minimum absolute atomic E-state index is 0.0705. The molecule has 1 aromatic rings. The molecule has 0 radical (unpaired) electrons. The van der Waals surface area contributed by atoms with Crippen molar-refractivity contribution in [2.45, 2.75) is 17.6 Å². The Hall–Kier alpha value is -0.650. The molecule has 13 heavy (non-hydrogen) atoms. The highest BCUT2D eigenvalue weighted by Gasteiger charge is 2.06. The van der Waals surface area contributed by atoms with E-state index in [0.717, 1.165) is 17.3 Å². The largest absolute Gasteiger partial charge is 0.330 e. The maximum absolute atomic E-state index is 5.85. The predicted molar refractivity (Wildman–Crippen MR) is 54.4 cm³/mol. The summed E-state index contributed by atoms with van der Waals surface area (Å²) >= 11 is 1.51. The molecule has 0 spiro atoms. The van der Waals surface area contributed by atoms with Gasteiger partial charge in [-0.1, -0.05) is 11.8 Å². The maximum atomic E-state index is 5.85. The first-order valence-corrected chi connectivity index (χ1v) is 5.33. The number of hydrogen-bond acceptors (Lipinski definition) is 5. The van der Waals surface area contributed by atoms with E-state index in [1.165, 1.54) is 11.8 Å². The summed E-state index contributed by atoms with van der Waals surface area (Å²) in [6, 6.07) is 1.76. The van der Waals surface area contributed by atoms with E-state index in [1.54, 1.807) is 6.20 Å². The van der Waals surface area contributed by atoms with Crippen molar-refractivity contribution in [2.75, 3.05) is 12.8 Å². The normalized spacial score (nSPS) is 12.8. The van der Waals surface area contributed by atoms with Gasteiger partial charge in [-0.3, -0.25) is 0 Å². The van der Waals surface area contributed by atoms with Gasteiger partial charge in [-0.05, 0) is 25.3 Å². The van der Waals surface area contributed by atoms with Crippen LogP contribution in [-0.2, 0) is 0 Å². The van der Waals surface area contributed by atoms with E-state index in [0.29, 0.717) is 6.54 Å². The average Bonchev–Trinajstić information content (AvgIpc) is 2.18. The minimum atomic E-state index is -0.0705. The quantitative estimate of drug-likeness (QED) is 0.545. The Morgan fingerprint density at radius 2 is 2.38 bits per heavy atom. The molecule has 0 aromatic carbocycles. The molecular formula is C8H14N4S. The Bertz CT molecular complexity index is 266. The van der Waals surface area contributed by atoms with Gasteiger partial charge in [0.25, 0.3) is 0 Å². The molecule has 1 heterocycles. The summed E-state index contributed by atoms with van der Waals surface area (Å²) in [7, 11) is 0. The monoisotopic (exact) mass is 198 g/mol. The zero-order valence-corrected chi connectivity index (χ0v) is 8.42. The molecule has 1 unspecified atom stereocenters. The zero-order chi connectivity index (χ0) is 9.68. The Kier molecular flexibility index (Phi) is 4.14. The Labute approximate surface area is 82.1 Å². The van der Waals surface area contributed by atoms with Crippen LogP contribution in [-0.4, -0.2) is 22.8 Å². The van der Waals surface area contributed by atoms with Crippen molar-refractivity contribution in [1.29, 1.82) is 0 Å². The first-order valence-electron chi connectivity index (χ1n) is 4.10. The summed E-state index contributed by atoms with van der Waals surface area (Å²) in [5, 5.41) is 0.755. The first kappa shape index (κ1) is 10.4. The van der Waals surface area contributed by atoms with Crippen molar-refractivity contribution in [2.24, 2.45) is 11.5 Å². The number of nitrogens with zero attached hydrogens (tertiary/aromatic N) is 2. The summed E-state index contributed by atoms with van der Waals surface area (Å²) in [6.45, 7) is 0.583. The van der Waals surface area contributed by atoms with Gasteiger partial charge in [-0.15, -0.1) is 0 Å². The zero-order valence-electron chi connectivity index (χ0n) is 7.60. The lowest BCUT2D eigenvalue weighted by atomic mass is 10.1. The summed E-state index contributed by atoms with van der Waals surface area (Å²) in [6.07, 6.45) is 4.42. The van der Waals surface area contributed by atoms with Crippen LogP contribution in [0.4, 0.5) is 0 Å². The Morgan fingerprint density at radius 1 is 1.62 bits per heavy atom. The molecule has 0 bridgehead atoms. The lowest BCUT2D eigenvalue weighted by molar-refractivity contribution is 0.631. The molecule has 5 heteroatoms. The van der Waals surface area contributed by atoms with Crippen LogP contribution in [0.1, 0.15) is 18.2 Å². The van der Waals surface area contributed by atoms with Crippen LogP contribution in [0, 0.1) is 0 Å². The van der Waals surface area contributed by atoms with Gasteiger partial charge in [0.1, 0.15) is 0 Å². The molecule has 1 atom stereocenters. The van der Waals surface area contributed by atoms with E-state index < -0.39 is 0 Å². The lowest BCUT2D eigenvalue weighted by Crippen LogP contribution is -2.16. The van der Waals surface area contributed by atoms with E-state index in [4.69, 9.17) is 11.5 Å². The first-order chi connectivity index (χ1) is 6.27. The fourth-order valence-electron chi connectivity index (χ4n) is 0.986. The van der Waals surface area contributed by atoms with Gasteiger partial charge in [0.05, 0.1) is 5.69 Å². The molecule has 0 fully saturated rings. The Balaban J connectivity index is 2.75. The van der Waals surface area contributed by atoms with Crippen molar-refractivity contribution in [3.8, 4) is 0 Å². The van der Waals surface area contributed by atoms with Crippen molar-refractivity contribution in [1.82, 2.24) is 9.97 Å². The van der Waals surface area contributed by atoms with Crippen LogP contribution in [0.15, 0.2) is 17.4 Å². The molecule has 4 nitrogen and oxygen atoms in total. The fraction of sp³-hybridized carbons (Fsp3) is 0.500. The van der Waals surface area contributed by atoms with Crippen LogP contribution in [0.2, 0.25) is 0 Å². The van der Waals surface area contributed by atoms with Crippen LogP contribution in [0.25, 0.3) is 0 Å². The third-order valence-electron chi connectivity index (χ3n) is 1.70. The summed E-state index contributed by atoms with van der Waals surface area (Å²) in [5.41, 5.74) is 12.1. The van der Waals surface area contributed by atoms with Gasteiger partial charge in [-0.25, -0.2) is 9.97 Å². The Morgan fingerprint density at radius 3 is 3.00 bits per heavy atom. The number of hydrogen-bond donors (Lipinski definition) is 2. The van der Waals surface area contributed by atoms with E-state index in [1.807, 2.05) is 12.3 Å². The SMILES string of the molecule is CSc1nccc(C(N)CCN)n1. The average molecular weight is 198 g/mol. The second-order valence-corrected chi connectivity index (χ2v) is 3.43. The summed E-state index contributed by atoms with van der Waals surface area (Å²) in [4.78, 5) is 8.35. The van der Waals surface area contributed by atoms with Gasteiger partial charge in [0, 0.05) is 12.2 Å². The van der Waals surface area contributed by atoms with E-state index >= 15 is 0 Å². The van der Waals surface area contributed by atoms with Crippen molar-refractivity contribution in [3.05, 3.63) is 18.0 Å². The molecule has 4 N–H and O–H groups in total. The fourth-order valence-corrected chi connectivity index (χ4v) is 1.35. The lowest BCUT2D eigenvalue weighted by Gasteiger charge is -2.09. The molecular weight excluding hydrogens is 184 g/mol. The molecule has 0 aliphatic rings. The smallest absolute Gasteiger partial charge is 0.187 e. The van der Waals surface area contributed by atoms with Gasteiger partial charge in [0.2, 0.25) is 0 Å². The molecule has 0 amide bonds. The maximum Gasteiger partial charge on any atom is 0.187 e. The minimum Gasteiger partial charge on any atom is -0.330 e. The number of aromatic nitrogens is 2. The van der Waals surface area contributed by atoms with Gasteiger partial charge < -0.3 is 11.5 Å². The highest BCUT2D eigenvalue weighted by molar-refractivity contribution is 7.98. The van der Waals surface area contributed by atoms with Gasteiger partial charge in [0.15, 0.2) is 5.16 Å². The molecule has 0 saturated carbocycles. The molecule has 72 valence electrons. The summed E-state index contributed by atoms with van der Waals surface area (Å²) < 4.78 is 0. The molecule has 0 aliphatic heterocycles. The second-order valence-electron chi connectivity index (χ2n) is 2.65. The highest BCUT2D eigenvalue weighted by atomic mass is 32.2. The second kappa shape index (κ2) is 5.16.